The zero-order chi connectivity index (χ0) is 14.8. The highest BCUT2D eigenvalue weighted by molar-refractivity contribution is 5.86. The van der Waals surface area contributed by atoms with Gasteiger partial charge in [0.2, 0.25) is 5.91 Å². The van der Waals surface area contributed by atoms with Gasteiger partial charge in [-0.05, 0) is 24.5 Å². The Balaban J connectivity index is 2.03. The molecule has 21 heavy (non-hydrogen) atoms. The summed E-state index contributed by atoms with van der Waals surface area (Å²) in [6, 6.07) is 8.69. The predicted molar refractivity (Wildman–Crippen MR) is 86.3 cm³/mol. The molecule has 3 heteroatoms. The fourth-order valence-corrected chi connectivity index (χ4v) is 3.44. The normalized spacial score (nSPS) is 14.5. The first-order valence-corrected chi connectivity index (χ1v) is 8.07. The number of rotatable bonds is 4. The summed E-state index contributed by atoms with van der Waals surface area (Å²) in [6.07, 6.45) is 4.69. The van der Waals surface area contributed by atoms with Crippen molar-refractivity contribution in [2.75, 3.05) is 6.54 Å². The van der Waals surface area contributed by atoms with Gasteiger partial charge in [-0.15, -0.1) is 0 Å². The summed E-state index contributed by atoms with van der Waals surface area (Å²) in [5.74, 6) is 0.186. The third kappa shape index (κ3) is 2.57. The molecule has 112 valence electrons. The lowest BCUT2D eigenvalue weighted by atomic mass is 10.0. The minimum Gasteiger partial charge on any atom is -0.343 e. The first-order valence-electron chi connectivity index (χ1n) is 8.07. The van der Waals surface area contributed by atoms with Gasteiger partial charge >= 0.3 is 0 Å². The topological polar surface area (TPSA) is 25.2 Å². The number of amides is 1. The summed E-state index contributed by atoms with van der Waals surface area (Å²) in [6.45, 7) is 6.60. The Morgan fingerprint density at radius 2 is 2.05 bits per heavy atom. The van der Waals surface area contributed by atoms with E-state index in [4.69, 9.17) is 0 Å². The van der Waals surface area contributed by atoms with E-state index < -0.39 is 0 Å². The van der Waals surface area contributed by atoms with Crippen LogP contribution in [0, 0.1) is 0 Å². The minimum atomic E-state index is 0.186. The van der Waals surface area contributed by atoms with Crippen LogP contribution in [0.3, 0.4) is 0 Å². The second kappa shape index (κ2) is 5.92. The molecule has 0 atom stereocenters. The third-order valence-electron chi connectivity index (χ3n) is 4.60. The van der Waals surface area contributed by atoms with E-state index in [9.17, 15) is 4.79 Å². The monoisotopic (exact) mass is 284 g/mol. The van der Waals surface area contributed by atoms with Gasteiger partial charge in [-0.25, -0.2) is 0 Å². The Hall–Kier alpha value is -1.77. The van der Waals surface area contributed by atoms with Crippen LogP contribution in [0.25, 0.3) is 10.9 Å². The minimum absolute atomic E-state index is 0.186. The van der Waals surface area contributed by atoms with Crippen LogP contribution >= 0.6 is 0 Å². The van der Waals surface area contributed by atoms with Crippen LogP contribution in [-0.4, -0.2) is 21.9 Å². The van der Waals surface area contributed by atoms with E-state index in [0.29, 0.717) is 0 Å². The van der Waals surface area contributed by atoms with Crippen molar-refractivity contribution in [3.05, 3.63) is 35.5 Å². The highest BCUT2D eigenvalue weighted by atomic mass is 16.2. The fraction of sp³-hybridized carbons (Fsp3) is 0.500. The lowest BCUT2D eigenvalue weighted by Gasteiger charge is -2.27. The van der Waals surface area contributed by atoms with Crippen LogP contribution in [0.4, 0.5) is 0 Å². The molecule has 2 aromatic rings. The molecule has 0 unspecified atom stereocenters. The van der Waals surface area contributed by atoms with Crippen LogP contribution in [0.15, 0.2) is 24.3 Å². The lowest BCUT2D eigenvalue weighted by molar-refractivity contribution is -0.129. The average Bonchev–Trinajstić information content (AvgIpc) is 2.81. The van der Waals surface area contributed by atoms with Crippen LogP contribution < -0.4 is 0 Å². The molecule has 0 saturated carbocycles. The average molecular weight is 284 g/mol. The largest absolute Gasteiger partial charge is 0.343 e. The molecule has 0 radical (unpaired) electrons. The molecule has 1 aliphatic rings. The second-order valence-corrected chi connectivity index (χ2v) is 5.99. The number of carbonyl (C=O) groups is 1. The van der Waals surface area contributed by atoms with Crippen LogP contribution in [0.2, 0.25) is 0 Å². The molecule has 0 N–H and O–H groups in total. The molecule has 0 aliphatic carbocycles. The standard InChI is InChI=1S/C18H24N2O/c1-3-4-7-11-20-17-9-6-5-8-15(17)16-10-12-19(14(2)21)13-18(16)20/h5-6,8-9H,3-4,7,10-13H2,1-2H3. The number of aryl methyl sites for hydroxylation is 1. The maximum Gasteiger partial charge on any atom is 0.219 e. The molecular formula is C18H24N2O. The van der Waals surface area contributed by atoms with Gasteiger partial charge in [0.15, 0.2) is 0 Å². The first-order chi connectivity index (χ1) is 10.2. The predicted octanol–water partition coefficient (Wildman–Crippen LogP) is 3.74. The van der Waals surface area contributed by atoms with Gasteiger partial charge in [-0.3, -0.25) is 4.79 Å². The maximum absolute atomic E-state index is 11.7. The van der Waals surface area contributed by atoms with E-state index in [2.05, 4.69) is 35.8 Å². The Kier molecular flexibility index (Phi) is 4.00. The van der Waals surface area contributed by atoms with Crippen molar-refractivity contribution in [1.29, 1.82) is 0 Å². The molecule has 0 fully saturated rings. The van der Waals surface area contributed by atoms with Crippen molar-refractivity contribution in [2.24, 2.45) is 0 Å². The number of hydrogen-bond acceptors (Lipinski definition) is 1. The van der Waals surface area contributed by atoms with Crippen LogP contribution in [0.5, 0.6) is 0 Å². The number of unbranched alkanes of at least 4 members (excludes halogenated alkanes) is 2. The van der Waals surface area contributed by atoms with E-state index in [-0.39, 0.29) is 5.91 Å². The smallest absolute Gasteiger partial charge is 0.219 e. The van der Waals surface area contributed by atoms with Gasteiger partial charge in [-0.2, -0.15) is 0 Å². The number of para-hydroxylation sites is 1. The summed E-state index contributed by atoms with van der Waals surface area (Å²) in [5.41, 5.74) is 4.15. The number of benzene rings is 1. The number of fused-ring (bicyclic) bond motifs is 3. The van der Waals surface area contributed by atoms with E-state index >= 15 is 0 Å². The van der Waals surface area contributed by atoms with Crippen molar-refractivity contribution in [3.8, 4) is 0 Å². The van der Waals surface area contributed by atoms with Crippen molar-refractivity contribution >= 4 is 16.8 Å². The maximum atomic E-state index is 11.7. The molecule has 0 bridgehead atoms. The highest BCUT2D eigenvalue weighted by Gasteiger charge is 2.24. The lowest BCUT2D eigenvalue weighted by Crippen LogP contribution is -2.35. The van der Waals surface area contributed by atoms with Crippen molar-refractivity contribution in [3.63, 3.8) is 0 Å². The van der Waals surface area contributed by atoms with Crippen LogP contribution in [-0.2, 0) is 24.3 Å². The zero-order valence-corrected chi connectivity index (χ0v) is 13.1. The Labute approximate surface area is 126 Å². The number of aromatic nitrogens is 1. The number of carbonyl (C=O) groups excluding carboxylic acids is 1. The number of nitrogens with zero attached hydrogens (tertiary/aromatic N) is 2. The van der Waals surface area contributed by atoms with Crippen molar-refractivity contribution in [2.45, 2.75) is 52.6 Å². The highest BCUT2D eigenvalue weighted by Crippen LogP contribution is 2.31. The van der Waals surface area contributed by atoms with Gasteiger partial charge in [0.1, 0.15) is 0 Å². The van der Waals surface area contributed by atoms with E-state index in [0.717, 1.165) is 26.1 Å². The Morgan fingerprint density at radius 3 is 2.81 bits per heavy atom. The number of hydrogen-bond donors (Lipinski definition) is 0. The third-order valence-corrected chi connectivity index (χ3v) is 4.60. The van der Waals surface area contributed by atoms with Gasteiger partial charge < -0.3 is 9.47 Å². The SMILES string of the molecule is CCCCCn1c2c(c3ccccc31)CCN(C(C)=O)C2. The van der Waals surface area contributed by atoms with E-state index in [1.807, 2.05) is 4.90 Å². The van der Waals surface area contributed by atoms with Crippen molar-refractivity contribution < 1.29 is 4.79 Å². The van der Waals surface area contributed by atoms with Crippen molar-refractivity contribution in [1.82, 2.24) is 9.47 Å². The van der Waals surface area contributed by atoms with Crippen LogP contribution in [0.1, 0.15) is 44.4 Å². The molecule has 3 nitrogen and oxygen atoms in total. The quantitative estimate of drug-likeness (QED) is 0.785. The fourth-order valence-electron chi connectivity index (χ4n) is 3.44. The van der Waals surface area contributed by atoms with Gasteiger partial charge in [-0.1, -0.05) is 38.0 Å². The summed E-state index contributed by atoms with van der Waals surface area (Å²) in [4.78, 5) is 13.7. The summed E-state index contributed by atoms with van der Waals surface area (Å²) in [7, 11) is 0. The molecule has 1 aliphatic heterocycles. The second-order valence-electron chi connectivity index (χ2n) is 5.99. The Morgan fingerprint density at radius 1 is 1.24 bits per heavy atom. The first kappa shape index (κ1) is 14.2. The molecule has 0 spiro atoms. The summed E-state index contributed by atoms with van der Waals surface area (Å²) in [5, 5.41) is 1.38. The van der Waals surface area contributed by atoms with Gasteiger partial charge in [0, 0.05) is 36.6 Å². The van der Waals surface area contributed by atoms with Gasteiger partial charge in [0.05, 0.1) is 6.54 Å². The summed E-state index contributed by atoms with van der Waals surface area (Å²) >= 11 is 0. The molecule has 1 amide bonds. The summed E-state index contributed by atoms with van der Waals surface area (Å²) < 4.78 is 2.45. The molecule has 1 aromatic heterocycles. The molecule has 2 heterocycles. The van der Waals surface area contributed by atoms with E-state index in [1.165, 1.54) is 41.4 Å². The zero-order valence-electron chi connectivity index (χ0n) is 13.1. The molecule has 1 aromatic carbocycles. The van der Waals surface area contributed by atoms with Gasteiger partial charge in [0.25, 0.3) is 0 Å². The molecule has 3 rings (SSSR count). The molecule has 0 saturated heterocycles. The molecular weight excluding hydrogens is 260 g/mol. The Bertz CT molecular complexity index is 657. The van der Waals surface area contributed by atoms with E-state index in [1.54, 1.807) is 6.92 Å².